The summed E-state index contributed by atoms with van der Waals surface area (Å²) in [6, 6.07) is 0. The lowest BCUT2D eigenvalue weighted by atomic mass is 10.1. The summed E-state index contributed by atoms with van der Waals surface area (Å²) in [6.07, 6.45) is 17.5. The van der Waals surface area contributed by atoms with E-state index in [0.29, 0.717) is 6.42 Å². The molecule has 0 saturated heterocycles. The van der Waals surface area contributed by atoms with Crippen molar-refractivity contribution in [2.75, 3.05) is 26.4 Å². The fourth-order valence-electron chi connectivity index (χ4n) is 3.81. The number of phosphoric acid groups is 1. The van der Waals surface area contributed by atoms with Gasteiger partial charge in [0.1, 0.15) is 6.61 Å². The molecule has 0 aromatic carbocycles. The minimum Gasteiger partial charge on any atom is -0.462 e. The maximum absolute atomic E-state index is 12.2. The van der Waals surface area contributed by atoms with E-state index in [0.717, 1.165) is 44.9 Å². The van der Waals surface area contributed by atoms with Gasteiger partial charge in [-0.05, 0) is 12.8 Å². The Balaban J connectivity index is 4.26. The summed E-state index contributed by atoms with van der Waals surface area (Å²) in [5.41, 5.74) is 5.28. The van der Waals surface area contributed by atoms with Gasteiger partial charge in [-0.3, -0.25) is 18.6 Å². The van der Waals surface area contributed by atoms with Gasteiger partial charge in [0.25, 0.3) is 0 Å². The van der Waals surface area contributed by atoms with E-state index in [2.05, 4.69) is 13.8 Å². The summed E-state index contributed by atoms with van der Waals surface area (Å²) in [6.45, 7) is 3.59. The van der Waals surface area contributed by atoms with Crippen LogP contribution >= 0.6 is 7.82 Å². The molecular formula is C27H54NO8P. The molecule has 0 heterocycles. The molecule has 0 aliphatic heterocycles. The Bertz CT molecular complexity index is 605. The summed E-state index contributed by atoms with van der Waals surface area (Å²) in [7, 11) is -4.34. The summed E-state index contributed by atoms with van der Waals surface area (Å²) >= 11 is 0. The highest BCUT2D eigenvalue weighted by molar-refractivity contribution is 7.47. The monoisotopic (exact) mass is 551 g/mol. The zero-order chi connectivity index (χ0) is 27.6. The Morgan fingerprint density at radius 3 is 1.65 bits per heavy atom. The fourth-order valence-corrected chi connectivity index (χ4v) is 4.57. The number of rotatable bonds is 27. The van der Waals surface area contributed by atoms with Crippen molar-refractivity contribution in [2.24, 2.45) is 5.73 Å². The number of hydrogen-bond donors (Lipinski definition) is 2. The number of carbonyl (C=O) groups is 2. The molecule has 0 aromatic heterocycles. The molecule has 0 radical (unpaired) electrons. The Labute approximate surface area is 225 Å². The first-order valence-corrected chi connectivity index (χ1v) is 16.0. The topological polar surface area (TPSA) is 134 Å². The highest BCUT2D eigenvalue weighted by atomic mass is 31.2. The van der Waals surface area contributed by atoms with Gasteiger partial charge in [-0.15, -0.1) is 0 Å². The minimum absolute atomic E-state index is 0.0566. The van der Waals surface area contributed by atoms with Crippen molar-refractivity contribution in [1.29, 1.82) is 0 Å². The van der Waals surface area contributed by atoms with E-state index in [1.807, 2.05) is 0 Å². The van der Waals surface area contributed by atoms with Gasteiger partial charge in [0.2, 0.25) is 0 Å². The van der Waals surface area contributed by atoms with Gasteiger partial charge in [-0.2, -0.15) is 0 Å². The highest BCUT2D eigenvalue weighted by Crippen LogP contribution is 2.43. The minimum atomic E-state index is -4.34. The summed E-state index contributed by atoms with van der Waals surface area (Å²) in [5.74, 6) is -0.842. The van der Waals surface area contributed by atoms with Crippen LogP contribution in [0.15, 0.2) is 0 Å². The normalized spacial score (nSPS) is 13.7. The molecule has 0 amide bonds. The van der Waals surface area contributed by atoms with Gasteiger partial charge >= 0.3 is 19.8 Å². The number of carbonyl (C=O) groups excluding carboxylic acids is 2. The largest absolute Gasteiger partial charge is 0.472 e. The Morgan fingerprint density at radius 2 is 1.16 bits per heavy atom. The molecule has 0 aliphatic carbocycles. The molecule has 0 rings (SSSR count). The van der Waals surface area contributed by atoms with E-state index in [1.54, 1.807) is 0 Å². The van der Waals surface area contributed by atoms with E-state index < -0.39 is 26.5 Å². The fraction of sp³-hybridized carbons (Fsp3) is 0.926. The van der Waals surface area contributed by atoms with Crippen LogP contribution in [-0.4, -0.2) is 49.3 Å². The zero-order valence-electron chi connectivity index (χ0n) is 23.5. The second-order valence-corrected chi connectivity index (χ2v) is 11.1. The van der Waals surface area contributed by atoms with Crippen molar-refractivity contribution in [3.8, 4) is 0 Å². The summed E-state index contributed by atoms with van der Waals surface area (Å²) in [5, 5.41) is 0. The lowest BCUT2D eigenvalue weighted by Crippen LogP contribution is -2.29. The molecule has 0 aromatic rings. The van der Waals surface area contributed by atoms with Crippen LogP contribution < -0.4 is 5.73 Å². The number of esters is 2. The molecule has 220 valence electrons. The lowest BCUT2D eigenvalue weighted by Gasteiger charge is -2.19. The smallest absolute Gasteiger partial charge is 0.462 e. The quantitative estimate of drug-likeness (QED) is 0.0658. The number of nitrogens with two attached hydrogens (primary N) is 1. The molecule has 1 unspecified atom stereocenters. The second kappa shape index (κ2) is 25.3. The predicted octanol–water partition coefficient (Wildman–Crippen LogP) is 6.60. The average molecular weight is 552 g/mol. The van der Waals surface area contributed by atoms with Crippen LogP contribution in [0.4, 0.5) is 0 Å². The second-order valence-electron chi connectivity index (χ2n) is 9.63. The maximum Gasteiger partial charge on any atom is 0.472 e. The van der Waals surface area contributed by atoms with Crippen LogP contribution in [0.3, 0.4) is 0 Å². The molecule has 0 saturated carbocycles. The number of phosphoric ester groups is 1. The number of unbranched alkanes of at least 4 members (excludes halogenated alkanes) is 14. The van der Waals surface area contributed by atoms with Crippen LogP contribution in [0.25, 0.3) is 0 Å². The number of ether oxygens (including phenoxy) is 2. The van der Waals surface area contributed by atoms with E-state index in [1.165, 1.54) is 51.4 Å². The molecule has 37 heavy (non-hydrogen) atoms. The van der Waals surface area contributed by atoms with E-state index in [4.69, 9.17) is 24.3 Å². The maximum atomic E-state index is 12.2. The first-order chi connectivity index (χ1) is 17.8. The third-order valence-corrected chi connectivity index (χ3v) is 6.98. The molecule has 3 N–H and O–H groups in total. The van der Waals surface area contributed by atoms with Crippen molar-refractivity contribution < 1.29 is 37.6 Å². The van der Waals surface area contributed by atoms with Crippen molar-refractivity contribution in [3.05, 3.63) is 0 Å². The van der Waals surface area contributed by atoms with Crippen LogP contribution in [-0.2, 0) is 32.7 Å². The van der Waals surface area contributed by atoms with Gasteiger partial charge in [0, 0.05) is 19.4 Å². The molecule has 0 spiro atoms. The predicted molar refractivity (Wildman–Crippen MR) is 146 cm³/mol. The average Bonchev–Trinajstić information content (AvgIpc) is 2.87. The SMILES string of the molecule is CCCCCCCCCCCCCC(=O)OC[C@@H](COP(=O)(O)OCCN)OC(=O)CCCCCCC. The van der Waals surface area contributed by atoms with Crippen LogP contribution in [0.5, 0.6) is 0 Å². The van der Waals surface area contributed by atoms with Gasteiger partial charge in [0.15, 0.2) is 6.10 Å². The van der Waals surface area contributed by atoms with E-state index in [-0.39, 0.29) is 38.6 Å². The van der Waals surface area contributed by atoms with E-state index >= 15 is 0 Å². The van der Waals surface area contributed by atoms with Gasteiger partial charge in [0.05, 0.1) is 13.2 Å². The standard InChI is InChI=1S/C27H54NO8P/c1-3-5-7-9-10-11-12-13-14-16-17-19-26(29)33-23-25(24-35-37(31,32)34-22-21-28)36-27(30)20-18-15-8-6-4-2/h25H,3-24,28H2,1-2H3,(H,31,32)/t25-/m0/s1. The Kier molecular flexibility index (Phi) is 24.6. The lowest BCUT2D eigenvalue weighted by molar-refractivity contribution is -0.161. The molecule has 0 bridgehead atoms. The van der Waals surface area contributed by atoms with Crippen LogP contribution in [0, 0.1) is 0 Å². The molecular weight excluding hydrogens is 497 g/mol. The summed E-state index contributed by atoms with van der Waals surface area (Å²) < 4.78 is 32.2. The molecule has 10 heteroatoms. The van der Waals surface area contributed by atoms with Crippen molar-refractivity contribution in [3.63, 3.8) is 0 Å². The molecule has 2 atom stereocenters. The third-order valence-electron chi connectivity index (χ3n) is 5.99. The van der Waals surface area contributed by atoms with E-state index in [9.17, 15) is 19.0 Å². The first kappa shape index (κ1) is 36.0. The Hall–Kier alpha value is -0.990. The molecule has 9 nitrogen and oxygen atoms in total. The number of hydrogen-bond acceptors (Lipinski definition) is 8. The van der Waals surface area contributed by atoms with Gasteiger partial charge < -0.3 is 20.1 Å². The summed E-state index contributed by atoms with van der Waals surface area (Å²) in [4.78, 5) is 34.1. The third kappa shape index (κ3) is 25.1. The van der Waals surface area contributed by atoms with Gasteiger partial charge in [-0.1, -0.05) is 104 Å². The van der Waals surface area contributed by atoms with Gasteiger partial charge in [-0.25, -0.2) is 4.57 Å². The van der Waals surface area contributed by atoms with Crippen molar-refractivity contribution in [1.82, 2.24) is 0 Å². The molecule has 0 aliphatic rings. The Morgan fingerprint density at radius 1 is 0.703 bits per heavy atom. The highest BCUT2D eigenvalue weighted by Gasteiger charge is 2.25. The van der Waals surface area contributed by atoms with Crippen LogP contribution in [0.1, 0.15) is 129 Å². The van der Waals surface area contributed by atoms with Crippen molar-refractivity contribution >= 4 is 19.8 Å². The zero-order valence-corrected chi connectivity index (χ0v) is 24.4. The molecule has 0 fully saturated rings. The van der Waals surface area contributed by atoms with Crippen LogP contribution in [0.2, 0.25) is 0 Å². The van der Waals surface area contributed by atoms with Crippen molar-refractivity contribution in [2.45, 2.75) is 136 Å². The first-order valence-electron chi connectivity index (χ1n) is 14.5.